The van der Waals surface area contributed by atoms with Crippen molar-refractivity contribution in [3.8, 4) is 0 Å². The van der Waals surface area contributed by atoms with Gasteiger partial charge in [0.2, 0.25) is 5.91 Å². The van der Waals surface area contributed by atoms with Crippen molar-refractivity contribution in [3.63, 3.8) is 0 Å². The standard InChI is InChI=1S/C14H24N2O/c17-14(13-8-2-1-5-10-15-13)16-11-9-12-6-3-4-7-12/h6,13,15H,1-5,7-11H2,(H,16,17). The number of carbonyl (C=O) groups excluding carboxylic acids is 1. The van der Waals surface area contributed by atoms with E-state index in [0.717, 1.165) is 25.9 Å². The van der Waals surface area contributed by atoms with E-state index in [4.69, 9.17) is 0 Å². The summed E-state index contributed by atoms with van der Waals surface area (Å²) in [5, 5.41) is 6.40. The van der Waals surface area contributed by atoms with Crippen LogP contribution in [0.25, 0.3) is 0 Å². The average molecular weight is 236 g/mol. The molecule has 96 valence electrons. The molecule has 1 aliphatic heterocycles. The molecule has 1 atom stereocenters. The first-order valence-corrected chi connectivity index (χ1v) is 7.05. The molecule has 1 heterocycles. The molecule has 3 heteroatoms. The highest BCUT2D eigenvalue weighted by atomic mass is 16.2. The molecule has 3 nitrogen and oxygen atoms in total. The van der Waals surface area contributed by atoms with Crippen LogP contribution in [0, 0.1) is 0 Å². The molecule has 1 unspecified atom stereocenters. The van der Waals surface area contributed by atoms with Gasteiger partial charge >= 0.3 is 0 Å². The molecule has 0 bridgehead atoms. The van der Waals surface area contributed by atoms with Gasteiger partial charge in [0.05, 0.1) is 6.04 Å². The van der Waals surface area contributed by atoms with E-state index in [-0.39, 0.29) is 11.9 Å². The number of carbonyl (C=O) groups is 1. The molecule has 0 saturated carbocycles. The Morgan fingerprint density at radius 1 is 1.35 bits per heavy atom. The fourth-order valence-corrected chi connectivity index (χ4v) is 2.69. The lowest BCUT2D eigenvalue weighted by molar-refractivity contribution is -0.123. The summed E-state index contributed by atoms with van der Waals surface area (Å²) in [7, 11) is 0. The van der Waals surface area contributed by atoms with Gasteiger partial charge in [0.25, 0.3) is 0 Å². The smallest absolute Gasteiger partial charge is 0.237 e. The Morgan fingerprint density at radius 2 is 2.29 bits per heavy atom. The number of allylic oxidation sites excluding steroid dienone is 1. The third-order valence-corrected chi connectivity index (χ3v) is 3.76. The van der Waals surface area contributed by atoms with Gasteiger partial charge in [0.1, 0.15) is 0 Å². The first kappa shape index (κ1) is 12.6. The van der Waals surface area contributed by atoms with Crippen LogP contribution in [0.5, 0.6) is 0 Å². The van der Waals surface area contributed by atoms with E-state index in [1.807, 2.05) is 0 Å². The zero-order chi connectivity index (χ0) is 11.9. The van der Waals surface area contributed by atoms with Crippen LogP contribution in [0.2, 0.25) is 0 Å². The molecular weight excluding hydrogens is 212 g/mol. The first-order chi connectivity index (χ1) is 8.36. The van der Waals surface area contributed by atoms with E-state index < -0.39 is 0 Å². The van der Waals surface area contributed by atoms with Crippen LogP contribution in [0.1, 0.15) is 51.4 Å². The Bertz CT molecular complexity index is 278. The number of hydrogen-bond acceptors (Lipinski definition) is 2. The lowest BCUT2D eigenvalue weighted by atomic mass is 10.1. The zero-order valence-corrected chi connectivity index (χ0v) is 10.6. The van der Waals surface area contributed by atoms with Gasteiger partial charge in [0, 0.05) is 6.54 Å². The van der Waals surface area contributed by atoms with Crippen molar-refractivity contribution in [3.05, 3.63) is 11.6 Å². The lowest BCUT2D eigenvalue weighted by Crippen LogP contribution is -2.44. The summed E-state index contributed by atoms with van der Waals surface area (Å²) in [5.41, 5.74) is 1.53. The summed E-state index contributed by atoms with van der Waals surface area (Å²) in [6.45, 7) is 1.80. The van der Waals surface area contributed by atoms with Crippen LogP contribution in [-0.4, -0.2) is 25.0 Å². The molecule has 0 aromatic rings. The van der Waals surface area contributed by atoms with Gasteiger partial charge < -0.3 is 10.6 Å². The summed E-state index contributed by atoms with van der Waals surface area (Å²) in [6, 6.07) is 0.0510. The lowest BCUT2D eigenvalue weighted by Gasteiger charge is -2.15. The fraction of sp³-hybridized carbons (Fsp3) is 0.786. The van der Waals surface area contributed by atoms with Gasteiger partial charge in [-0.15, -0.1) is 0 Å². The molecule has 1 fully saturated rings. The van der Waals surface area contributed by atoms with Crippen molar-refractivity contribution in [2.24, 2.45) is 0 Å². The van der Waals surface area contributed by atoms with Crippen molar-refractivity contribution in [1.82, 2.24) is 10.6 Å². The quantitative estimate of drug-likeness (QED) is 0.734. The van der Waals surface area contributed by atoms with Crippen molar-refractivity contribution >= 4 is 5.91 Å². The van der Waals surface area contributed by atoms with Crippen LogP contribution in [0.15, 0.2) is 11.6 Å². The minimum atomic E-state index is 0.0510. The summed E-state index contributed by atoms with van der Waals surface area (Å²) in [4.78, 5) is 11.9. The molecule has 2 N–H and O–H groups in total. The van der Waals surface area contributed by atoms with Crippen molar-refractivity contribution < 1.29 is 4.79 Å². The Morgan fingerprint density at radius 3 is 3.12 bits per heavy atom. The second-order valence-electron chi connectivity index (χ2n) is 5.15. The topological polar surface area (TPSA) is 41.1 Å². The van der Waals surface area contributed by atoms with Crippen molar-refractivity contribution in [1.29, 1.82) is 0 Å². The first-order valence-electron chi connectivity index (χ1n) is 7.05. The maximum Gasteiger partial charge on any atom is 0.237 e. The van der Waals surface area contributed by atoms with E-state index in [1.165, 1.54) is 44.1 Å². The Kier molecular flexibility index (Phi) is 5.05. The highest BCUT2D eigenvalue weighted by Gasteiger charge is 2.18. The number of rotatable bonds is 4. The van der Waals surface area contributed by atoms with E-state index >= 15 is 0 Å². The van der Waals surface area contributed by atoms with Gasteiger partial charge in [0.15, 0.2) is 0 Å². The minimum Gasteiger partial charge on any atom is -0.354 e. The monoisotopic (exact) mass is 236 g/mol. The Labute approximate surface area is 104 Å². The zero-order valence-electron chi connectivity index (χ0n) is 10.6. The molecule has 2 aliphatic rings. The molecule has 1 amide bonds. The predicted molar refractivity (Wildman–Crippen MR) is 69.8 cm³/mol. The van der Waals surface area contributed by atoms with Gasteiger partial charge in [-0.3, -0.25) is 4.79 Å². The average Bonchev–Trinajstić information content (AvgIpc) is 2.69. The van der Waals surface area contributed by atoms with Crippen molar-refractivity contribution in [2.75, 3.05) is 13.1 Å². The molecule has 0 spiro atoms. The molecule has 2 rings (SSSR count). The van der Waals surface area contributed by atoms with E-state index in [9.17, 15) is 4.79 Å². The second-order valence-corrected chi connectivity index (χ2v) is 5.15. The highest BCUT2D eigenvalue weighted by Crippen LogP contribution is 2.19. The third-order valence-electron chi connectivity index (χ3n) is 3.76. The molecule has 0 radical (unpaired) electrons. The highest BCUT2D eigenvalue weighted by molar-refractivity contribution is 5.81. The SMILES string of the molecule is O=C(NCCC1=CCCC1)C1CCCCCN1. The van der Waals surface area contributed by atoms with E-state index in [2.05, 4.69) is 16.7 Å². The third kappa shape index (κ3) is 4.15. The summed E-state index contributed by atoms with van der Waals surface area (Å²) >= 11 is 0. The predicted octanol–water partition coefficient (Wildman–Crippen LogP) is 2.14. The van der Waals surface area contributed by atoms with Gasteiger partial charge in [-0.05, 0) is 45.1 Å². The normalized spacial score (nSPS) is 25.2. The summed E-state index contributed by atoms with van der Waals surface area (Å²) in [6.07, 6.45) is 11.8. The number of amides is 1. The number of nitrogens with one attached hydrogen (secondary N) is 2. The number of hydrogen-bond donors (Lipinski definition) is 2. The van der Waals surface area contributed by atoms with Crippen LogP contribution >= 0.6 is 0 Å². The summed E-state index contributed by atoms with van der Waals surface area (Å²) < 4.78 is 0. The molecule has 0 aromatic heterocycles. The minimum absolute atomic E-state index is 0.0510. The van der Waals surface area contributed by atoms with Crippen LogP contribution in [0.3, 0.4) is 0 Å². The Balaban J connectivity index is 1.65. The summed E-state index contributed by atoms with van der Waals surface area (Å²) in [5.74, 6) is 0.200. The molecule has 0 aromatic carbocycles. The molecular formula is C14H24N2O. The molecule has 1 saturated heterocycles. The van der Waals surface area contributed by atoms with Crippen LogP contribution < -0.4 is 10.6 Å². The van der Waals surface area contributed by atoms with Crippen LogP contribution in [-0.2, 0) is 4.79 Å². The van der Waals surface area contributed by atoms with Gasteiger partial charge in [-0.1, -0.05) is 24.5 Å². The molecule has 1 aliphatic carbocycles. The van der Waals surface area contributed by atoms with Gasteiger partial charge in [-0.25, -0.2) is 0 Å². The second kappa shape index (κ2) is 6.80. The fourth-order valence-electron chi connectivity index (χ4n) is 2.69. The maximum atomic E-state index is 11.9. The van der Waals surface area contributed by atoms with Gasteiger partial charge in [-0.2, -0.15) is 0 Å². The Hall–Kier alpha value is -0.830. The van der Waals surface area contributed by atoms with Crippen molar-refractivity contribution in [2.45, 2.75) is 57.4 Å². The van der Waals surface area contributed by atoms with E-state index in [0.29, 0.717) is 0 Å². The van der Waals surface area contributed by atoms with Crippen LogP contribution in [0.4, 0.5) is 0 Å². The molecule has 17 heavy (non-hydrogen) atoms. The largest absolute Gasteiger partial charge is 0.354 e. The maximum absolute atomic E-state index is 11.9. The van der Waals surface area contributed by atoms with E-state index in [1.54, 1.807) is 0 Å².